The van der Waals surface area contributed by atoms with Crippen molar-refractivity contribution >= 4 is 44.6 Å². The third kappa shape index (κ3) is 3.64. The molecule has 0 aliphatic carbocycles. The predicted octanol–water partition coefficient (Wildman–Crippen LogP) is 3.45. The highest BCUT2D eigenvalue weighted by Crippen LogP contribution is 2.23. The molecule has 0 atom stereocenters. The molecule has 0 aliphatic rings. The third-order valence-corrected chi connectivity index (χ3v) is 3.98. The summed E-state index contributed by atoms with van der Waals surface area (Å²) in [6.45, 7) is 1.76. The number of aryl methyl sites for hydroxylation is 1. The largest absolute Gasteiger partial charge is 0.465 e. The molecule has 1 aromatic heterocycles. The Morgan fingerprint density at radius 3 is 2.80 bits per heavy atom. The topological polar surface area (TPSA) is 63.6 Å². The van der Waals surface area contributed by atoms with Crippen molar-refractivity contribution in [1.29, 1.82) is 0 Å². The lowest BCUT2D eigenvalue weighted by Crippen LogP contribution is -1.99. The lowest BCUT2D eigenvalue weighted by molar-refractivity contribution is 0.0605. The number of thiazole rings is 1. The van der Waals surface area contributed by atoms with Crippen LogP contribution in [0.2, 0.25) is 0 Å². The molecule has 0 saturated heterocycles. The van der Waals surface area contributed by atoms with E-state index in [1.165, 1.54) is 18.4 Å². The molecule has 0 aliphatic heterocycles. The summed E-state index contributed by atoms with van der Waals surface area (Å²) in [5.74, 6) is -0.384. The van der Waals surface area contributed by atoms with Gasteiger partial charge in [0.15, 0.2) is 0 Å². The number of rotatable bonds is 4. The molecule has 0 bridgehead atoms. The maximum atomic E-state index is 11.5. The normalized spacial score (nSPS) is 10.8. The van der Waals surface area contributed by atoms with Crippen molar-refractivity contribution in [2.75, 3.05) is 12.5 Å². The summed E-state index contributed by atoms with van der Waals surface area (Å²) in [5, 5.41) is 4.64. The van der Waals surface area contributed by atoms with E-state index in [4.69, 9.17) is 0 Å². The molecular weight excluding hydrogens is 342 g/mol. The molecule has 1 N–H and O–H groups in total. The minimum absolute atomic E-state index is 0.384. The van der Waals surface area contributed by atoms with Crippen LogP contribution < -0.4 is 5.43 Å². The van der Waals surface area contributed by atoms with Crippen LogP contribution in [0.4, 0.5) is 5.13 Å². The van der Waals surface area contributed by atoms with Gasteiger partial charge in [0.05, 0.1) is 19.0 Å². The molecule has 0 amide bonds. The number of methoxy groups -OCH3 is 1. The van der Waals surface area contributed by atoms with Crippen molar-refractivity contribution in [3.8, 4) is 0 Å². The van der Waals surface area contributed by atoms with Crippen LogP contribution in [0.25, 0.3) is 0 Å². The average molecular weight is 354 g/mol. The summed E-state index contributed by atoms with van der Waals surface area (Å²) < 4.78 is 5.69. The van der Waals surface area contributed by atoms with Crippen LogP contribution in [-0.2, 0) is 4.74 Å². The Bertz CT molecular complexity index is 638. The first kappa shape index (κ1) is 14.7. The summed E-state index contributed by atoms with van der Waals surface area (Å²) in [4.78, 5) is 16.1. The highest BCUT2D eigenvalue weighted by atomic mass is 79.9. The molecule has 0 unspecified atom stereocenters. The van der Waals surface area contributed by atoms with Crippen LogP contribution in [0.3, 0.4) is 0 Å². The first-order valence-electron chi connectivity index (χ1n) is 5.70. The molecule has 20 heavy (non-hydrogen) atoms. The number of ether oxygens (including phenoxy) is 1. The Hall–Kier alpha value is -1.73. The fraction of sp³-hybridized carbons (Fsp3) is 0.154. The number of hydrazone groups is 1. The van der Waals surface area contributed by atoms with Gasteiger partial charge in [-0.05, 0) is 24.6 Å². The zero-order valence-electron chi connectivity index (χ0n) is 10.9. The van der Waals surface area contributed by atoms with E-state index in [-0.39, 0.29) is 5.97 Å². The van der Waals surface area contributed by atoms with Crippen molar-refractivity contribution in [2.24, 2.45) is 5.10 Å². The summed E-state index contributed by atoms with van der Waals surface area (Å²) >= 11 is 4.58. The number of esters is 1. The van der Waals surface area contributed by atoms with Gasteiger partial charge in [-0.3, -0.25) is 5.43 Å². The highest BCUT2D eigenvalue weighted by Gasteiger charge is 2.15. The van der Waals surface area contributed by atoms with Crippen LogP contribution in [0.5, 0.6) is 0 Å². The zero-order chi connectivity index (χ0) is 14.5. The maximum Gasteiger partial charge on any atom is 0.350 e. The van der Waals surface area contributed by atoms with Gasteiger partial charge in [-0.15, -0.1) is 0 Å². The van der Waals surface area contributed by atoms with Crippen molar-refractivity contribution in [3.63, 3.8) is 0 Å². The van der Waals surface area contributed by atoms with Gasteiger partial charge in [-0.2, -0.15) is 5.10 Å². The fourth-order valence-electron chi connectivity index (χ4n) is 1.44. The van der Waals surface area contributed by atoms with Gasteiger partial charge >= 0.3 is 5.97 Å². The third-order valence-electron chi connectivity index (χ3n) is 2.41. The number of nitrogens with zero attached hydrogens (tertiary/aromatic N) is 2. The lowest BCUT2D eigenvalue weighted by Gasteiger charge is -1.95. The van der Waals surface area contributed by atoms with E-state index in [1.807, 2.05) is 24.3 Å². The molecule has 1 aromatic carbocycles. The molecule has 2 rings (SSSR count). The van der Waals surface area contributed by atoms with E-state index in [2.05, 4.69) is 36.2 Å². The SMILES string of the molecule is COC(=O)c1sc(N/N=C/c2ccc(Br)cc2)nc1C. The summed E-state index contributed by atoms with van der Waals surface area (Å²) in [6.07, 6.45) is 1.68. The molecular formula is C13H12BrN3O2S. The second-order valence-electron chi connectivity index (χ2n) is 3.85. The van der Waals surface area contributed by atoms with E-state index in [0.29, 0.717) is 15.7 Å². The van der Waals surface area contributed by atoms with Crippen molar-refractivity contribution in [1.82, 2.24) is 4.98 Å². The van der Waals surface area contributed by atoms with E-state index in [9.17, 15) is 4.79 Å². The highest BCUT2D eigenvalue weighted by molar-refractivity contribution is 9.10. The van der Waals surface area contributed by atoms with Gasteiger partial charge in [0.1, 0.15) is 4.88 Å². The van der Waals surface area contributed by atoms with Crippen LogP contribution in [0.1, 0.15) is 20.9 Å². The number of carbonyl (C=O) groups is 1. The number of hydrogen-bond acceptors (Lipinski definition) is 6. The molecule has 7 heteroatoms. The standard InChI is InChI=1S/C13H12BrN3O2S/c1-8-11(12(18)19-2)20-13(16-8)17-15-7-9-3-5-10(14)6-4-9/h3-7H,1-2H3,(H,16,17)/b15-7+. The second kappa shape index (κ2) is 6.62. The smallest absolute Gasteiger partial charge is 0.350 e. The molecule has 2 aromatic rings. The van der Waals surface area contributed by atoms with Crippen LogP contribution in [-0.4, -0.2) is 24.3 Å². The van der Waals surface area contributed by atoms with Gasteiger partial charge in [0.2, 0.25) is 5.13 Å². The fourth-order valence-corrected chi connectivity index (χ4v) is 2.54. The maximum absolute atomic E-state index is 11.5. The molecule has 1 heterocycles. The Labute approximate surface area is 128 Å². The molecule has 0 spiro atoms. The Balaban J connectivity index is 2.04. The summed E-state index contributed by atoms with van der Waals surface area (Å²) in [7, 11) is 1.35. The average Bonchev–Trinajstić information content (AvgIpc) is 2.81. The number of benzene rings is 1. The van der Waals surface area contributed by atoms with Crippen LogP contribution in [0, 0.1) is 6.92 Å². The van der Waals surface area contributed by atoms with Gasteiger partial charge in [-0.25, -0.2) is 9.78 Å². The number of anilines is 1. The number of carbonyl (C=O) groups excluding carboxylic acids is 1. The first-order chi connectivity index (χ1) is 9.60. The number of nitrogens with one attached hydrogen (secondary N) is 1. The second-order valence-corrected chi connectivity index (χ2v) is 5.76. The number of hydrogen-bond donors (Lipinski definition) is 1. The first-order valence-corrected chi connectivity index (χ1v) is 7.31. The van der Waals surface area contributed by atoms with Crippen molar-refractivity contribution < 1.29 is 9.53 Å². The van der Waals surface area contributed by atoms with Gasteiger partial charge in [-0.1, -0.05) is 39.4 Å². The van der Waals surface area contributed by atoms with Crippen LogP contribution >= 0.6 is 27.3 Å². The van der Waals surface area contributed by atoms with E-state index >= 15 is 0 Å². The molecule has 5 nitrogen and oxygen atoms in total. The quantitative estimate of drug-likeness (QED) is 0.519. The lowest BCUT2D eigenvalue weighted by atomic mass is 10.2. The van der Waals surface area contributed by atoms with Gasteiger partial charge in [0, 0.05) is 4.47 Å². The number of halogens is 1. The molecule has 0 saturated carbocycles. The van der Waals surface area contributed by atoms with Crippen LogP contribution in [0.15, 0.2) is 33.8 Å². The van der Waals surface area contributed by atoms with E-state index < -0.39 is 0 Å². The predicted molar refractivity (Wildman–Crippen MR) is 83.5 cm³/mol. The molecule has 0 fully saturated rings. The number of aromatic nitrogens is 1. The van der Waals surface area contributed by atoms with Crippen molar-refractivity contribution in [2.45, 2.75) is 6.92 Å². The molecule has 104 valence electrons. The zero-order valence-corrected chi connectivity index (χ0v) is 13.3. The van der Waals surface area contributed by atoms with Gasteiger partial charge in [0.25, 0.3) is 0 Å². The van der Waals surface area contributed by atoms with Gasteiger partial charge < -0.3 is 4.74 Å². The van der Waals surface area contributed by atoms with Crippen molar-refractivity contribution in [3.05, 3.63) is 44.9 Å². The monoisotopic (exact) mass is 353 g/mol. The van der Waals surface area contributed by atoms with E-state index in [1.54, 1.807) is 13.1 Å². The molecule has 0 radical (unpaired) electrons. The Morgan fingerprint density at radius 1 is 1.45 bits per heavy atom. The Morgan fingerprint density at radius 2 is 2.15 bits per heavy atom. The summed E-state index contributed by atoms with van der Waals surface area (Å²) in [5.41, 5.74) is 4.39. The Kier molecular flexibility index (Phi) is 4.86. The summed E-state index contributed by atoms with van der Waals surface area (Å²) in [6, 6.07) is 7.74. The minimum atomic E-state index is -0.384. The van der Waals surface area contributed by atoms with E-state index in [0.717, 1.165) is 10.0 Å². The minimum Gasteiger partial charge on any atom is -0.465 e.